The van der Waals surface area contributed by atoms with Crippen molar-refractivity contribution in [3.05, 3.63) is 52.7 Å². The first-order chi connectivity index (χ1) is 19.8. The van der Waals surface area contributed by atoms with Crippen molar-refractivity contribution < 1.29 is 69.0 Å². The highest BCUT2D eigenvalue weighted by atomic mass is 16.7. The minimum Gasteiger partial charge on any atom is -0.507 e. The fourth-order valence-corrected chi connectivity index (χ4v) is 4.68. The van der Waals surface area contributed by atoms with E-state index in [9.17, 15) is 50.4 Å². The van der Waals surface area contributed by atoms with Crippen LogP contribution in [0.1, 0.15) is 6.92 Å². The molecular weight excluding hydrogens is 564 g/mol. The number of carboxylic acids is 1. The summed E-state index contributed by atoms with van der Waals surface area (Å²) in [6.45, 7) is 1.51. The summed E-state index contributed by atoms with van der Waals surface area (Å²) < 4.78 is 27.4. The van der Waals surface area contributed by atoms with Gasteiger partial charge in [-0.1, -0.05) is 0 Å². The zero-order valence-corrected chi connectivity index (χ0v) is 21.8. The maximum atomic E-state index is 12.8. The number of aliphatic hydroxyl groups excluding tert-OH is 6. The number of carboxylic acid groups (broad SMARTS) is 1. The van der Waals surface area contributed by atoms with Gasteiger partial charge in [-0.2, -0.15) is 0 Å². The fraction of sp³-hybridized carbons (Fsp3) is 0.407. The van der Waals surface area contributed by atoms with E-state index in [1.807, 2.05) is 0 Å². The Bertz CT molecular complexity index is 1500. The molecule has 42 heavy (non-hydrogen) atoms. The molecule has 15 heteroatoms. The molecule has 2 fully saturated rings. The van der Waals surface area contributed by atoms with Crippen LogP contribution in [-0.4, -0.2) is 108 Å². The molecule has 0 aliphatic carbocycles. The number of hydrogen-bond donors (Lipinski definition) is 8. The van der Waals surface area contributed by atoms with Crippen LogP contribution in [0.25, 0.3) is 22.3 Å². The zero-order chi connectivity index (χ0) is 30.5. The predicted octanol–water partition coefficient (Wildman–Crippen LogP) is -1.36. The van der Waals surface area contributed by atoms with Crippen molar-refractivity contribution in [1.82, 2.24) is 0 Å². The Morgan fingerprint density at radius 1 is 0.762 bits per heavy atom. The second-order valence-electron chi connectivity index (χ2n) is 9.97. The highest BCUT2D eigenvalue weighted by molar-refractivity contribution is 5.86. The van der Waals surface area contributed by atoms with Crippen LogP contribution in [0.15, 0.2) is 51.7 Å². The monoisotopic (exact) mass is 592 g/mol. The normalized spacial score (nSPS) is 33.3. The average molecular weight is 593 g/mol. The van der Waals surface area contributed by atoms with Crippen LogP contribution >= 0.6 is 0 Å². The van der Waals surface area contributed by atoms with Gasteiger partial charge in [-0.3, -0.25) is 4.79 Å². The molecule has 0 saturated carbocycles. The average Bonchev–Trinajstić information content (AvgIpc) is 2.94. The van der Waals surface area contributed by atoms with E-state index in [0.29, 0.717) is 5.56 Å². The molecule has 2 saturated heterocycles. The number of phenolic OH excluding ortho intramolecular Hbond substituents is 1. The van der Waals surface area contributed by atoms with E-state index in [1.165, 1.54) is 37.3 Å². The lowest BCUT2D eigenvalue weighted by Crippen LogP contribution is -2.61. The summed E-state index contributed by atoms with van der Waals surface area (Å²) in [4.78, 5) is 24.2. The maximum absolute atomic E-state index is 12.8. The molecule has 0 unspecified atom stereocenters. The molecule has 15 nitrogen and oxygen atoms in total. The van der Waals surface area contributed by atoms with Crippen molar-refractivity contribution in [2.24, 2.45) is 0 Å². The molecule has 0 radical (unpaired) electrons. The molecule has 2 aliphatic rings. The summed E-state index contributed by atoms with van der Waals surface area (Å²) in [5.74, 6) is -2.08. The number of aliphatic hydroxyl groups is 6. The Labute approximate surface area is 235 Å². The van der Waals surface area contributed by atoms with E-state index in [0.717, 1.165) is 12.1 Å². The van der Waals surface area contributed by atoms with Crippen LogP contribution in [-0.2, 0) is 14.3 Å². The predicted molar refractivity (Wildman–Crippen MR) is 138 cm³/mol. The van der Waals surface area contributed by atoms with E-state index >= 15 is 0 Å². The Morgan fingerprint density at radius 3 is 2.00 bits per heavy atom. The maximum Gasteiger partial charge on any atom is 0.335 e. The molecule has 3 aromatic rings. The smallest absolute Gasteiger partial charge is 0.335 e. The number of phenols is 1. The van der Waals surface area contributed by atoms with E-state index in [2.05, 4.69) is 0 Å². The number of aromatic hydroxyl groups is 1. The number of rotatable bonds is 6. The van der Waals surface area contributed by atoms with Crippen LogP contribution in [0.3, 0.4) is 0 Å². The van der Waals surface area contributed by atoms with Crippen LogP contribution in [0.5, 0.6) is 17.2 Å². The second-order valence-corrected chi connectivity index (χ2v) is 9.97. The first-order valence-corrected chi connectivity index (χ1v) is 12.7. The van der Waals surface area contributed by atoms with E-state index in [4.69, 9.17) is 23.4 Å². The zero-order valence-electron chi connectivity index (χ0n) is 21.8. The van der Waals surface area contributed by atoms with Gasteiger partial charge in [0, 0.05) is 23.8 Å². The number of fused-ring (bicyclic) bond motifs is 1. The van der Waals surface area contributed by atoms with Crippen molar-refractivity contribution in [3.63, 3.8) is 0 Å². The van der Waals surface area contributed by atoms with Crippen molar-refractivity contribution in [2.75, 3.05) is 0 Å². The molecule has 10 atom stereocenters. The molecular formula is C27H28O15. The second kappa shape index (κ2) is 11.5. The first-order valence-electron chi connectivity index (χ1n) is 12.7. The van der Waals surface area contributed by atoms with E-state index in [1.54, 1.807) is 0 Å². The van der Waals surface area contributed by atoms with Gasteiger partial charge >= 0.3 is 5.97 Å². The third kappa shape index (κ3) is 5.51. The number of ether oxygens (including phenoxy) is 4. The third-order valence-electron chi connectivity index (χ3n) is 7.05. The van der Waals surface area contributed by atoms with Crippen LogP contribution in [0.2, 0.25) is 0 Å². The van der Waals surface area contributed by atoms with Crippen molar-refractivity contribution in [2.45, 2.75) is 68.3 Å². The molecule has 226 valence electrons. The summed E-state index contributed by atoms with van der Waals surface area (Å²) in [7, 11) is 0. The Kier molecular flexibility index (Phi) is 8.10. The Hall–Kier alpha value is -3.80. The topological polar surface area (TPSA) is 246 Å². The summed E-state index contributed by atoms with van der Waals surface area (Å²) >= 11 is 0. The van der Waals surface area contributed by atoms with Gasteiger partial charge in [0.25, 0.3) is 0 Å². The van der Waals surface area contributed by atoms with Crippen LogP contribution < -0.4 is 14.9 Å². The molecule has 0 bridgehead atoms. The fourth-order valence-electron chi connectivity index (χ4n) is 4.68. The standard InChI is InChI=1S/C27H28O15/c1-9-18(30)19(31)22(34)26(38-9)39-11-4-2-10(3-5-11)15-8-14(29)17-13(28)6-12(7-16(17)41-15)40-27-23(35)20(32)21(33)24(42-27)25(36)37/h2-9,18-24,26-28,30-35H,1H3,(H,36,37)/t9-,18-,19-,20+,21+,22-,23-,24+,26+,27+/m0/s1. The molecule has 2 aliphatic heterocycles. The van der Waals surface area contributed by atoms with Crippen molar-refractivity contribution in [3.8, 4) is 28.6 Å². The number of benzene rings is 2. The molecule has 5 rings (SSSR count). The van der Waals surface area contributed by atoms with E-state index in [-0.39, 0.29) is 28.2 Å². The number of aliphatic carboxylic acids is 1. The summed E-state index contributed by atoms with van der Waals surface area (Å²) in [6, 6.07) is 9.33. The van der Waals surface area contributed by atoms with Gasteiger partial charge in [0.2, 0.25) is 12.6 Å². The summed E-state index contributed by atoms with van der Waals surface area (Å²) in [5, 5.41) is 79.6. The van der Waals surface area contributed by atoms with Gasteiger partial charge in [-0.25, -0.2) is 4.79 Å². The van der Waals surface area contributed by atoms with Gasteiger partial charge in [-0.05, 0) is 31.2 Å². The molecule has 0 amide bonds. The molecule has 2 aromatic carbocycles. The first kappa shape index (κ1) is 29.7. The van der Waals surface area contributed by atoms with Crippen LogP contribution in [0, 0.1) is 0 Å². The summed E-state index contributed by atoms with van der Waals surface area (Å²) in [6.07, 6.45) is -15.7. The lowest BCUT2D eigenvalue weighted by molar-refractivity contribution is -0.271. The minimum atomic E-state index is -1.93. The molecule has 0 spiro atoms. The van der Waals surface area contributed by atoms with Gasteiger partial charge in [0.05, 0.1) is 6.10 Å². The third-order valence-corrected chi connectivity index (χ3v) is 7.05. The quantitative estimate of drug-likeness (QED) is 0.165. The van der Waals surface area contributed by atoms with Gasteiger partial charge in [0.15, 0.2) is 11.5 Å². The molecule has 1 aromatic heterocycles. The van der Waals surface area contributed by atoms with E-state index < -0.39 is 78.6 Å². The largest absolute Gasteiger partial charge is 0.507 e. The lowest BCUT2D eigenvalue weighted by atomic mass is 9.99. The van der Waals surface area contributed by atoms with Gasteiger partial charge < -0.3 is 64.2 Å². The van der Waals surface area contributed by atoms with Crippen molar-refractivity contribution >= 4 is 16.9 Å². The Morgan fingerprint density at radius 2 is 1.36 bits per heavy atom. The molecule has 8 N–H and O–H groups in total. The SMILES string of the molecule is C[C@@H]1O[C@H](Oc2ccc(-c3cc(=O)c4c(O)cc(O[C@@H]5O[C@@H](C(=O)O)[C@H](O)[C@@H](O)[C@@H]5O)cc4o3)cc2)[C@@H](O)[C@@H](O)[C@H]1O. The number of hydrogen-bond acceptors (Lipinski definition) is 14. The van der Waals surface area contributed by atoms with Gasteiger partial charge in [0.1, 0.15) is 70.6 Å². The van der Waals surface area contributed by atoms with Crippen LogP contribution in [0.4, 0.5) is 0 Å². The lowest BCUT2D eigenvalue weighted by Gasteiger charge is -2.38. The Balaban J connectivity index is 1.38. The highest BCUT2D eigenvalue weighted by Crippen LogP contribution is 2.34. The minimum absolute atomic E-state index is 0.0650. The van der Waals surface area contributed by atoms with Gasteiger partial charge in [-0.15, -0.1) is 0 Å². The number of carbonyl (C=O) groups is 1. The molecule has 3 heterocycles. The van der Waals surface area contributed by atoms with Crippen molar-refractivity contribution in [1.29, 1.82) is 0 Å². The summed E-state index contributed by atoms with van der Waals surface area (Å²) in [5.41, 5.74) is -0.364. The highest BCUT2D eigenvalue weighted by Gasteiger charge is 2.48.